The van der Waals surface area contributed by atoms with E-state index in [9.17, 15) is 5.11 Å². The number of aromatic hydroxyl groups is 1. The zero-order valence-electron chi connectivity index (χ0n) is 12.2. The van der Waals surface area contributed by atoms with E-state index in [-0.39, 0.29) is 5.75 Å². The number of hydrogen-bond donors (Lipinski definition) is 1. The summed E-state index contributed by atoms with van der Waals surface area (Å²) in [6, 6.07) is 18.0. The lowest BCUT2D eigenvalue weighted by molar-refractivity contribution is 0.482. The minimum absolute atomic E-state index is 0.272. The smallest absolute Gasteiger partial charge is 0.125 e. The van der Waals surface area contributed by atoms with Crippen molar-refractivity contribution in [2.75, 3.05) is 0 Å². The van der Waals surface area contributed by atoms with Crippen molar-refractivity contribution in [1.82, 2.24) is 0 Å². The summed E-state index contributed by atoms with van der Waals surface area (Å²) >= 11 is 0. The van der Waals surface area contributed by atoms with Crippen molar-refractivity contribution in [3.63, 3.8) is 0 Å². The number of hydrogen-bond acceptors (Lipinski definition) is 2. The molecular weight excluding hydrogens is 258 g/mol. The number of phenolic OH excluding ortho intramolecular Hbond substituents is 1. The first-order valence-electron chi connectivity index (χ1n) is 7.01. The Morgan fingerprint density at radius 2 is 1.71 bits per heavy atom. The predicted molar refractivity (Wildman–Crippen MR) is 89.6 cm³/mol. The first kappa shape index (κ1) is 13.4. The summed E-state index contributed by atoms with van der Waals surface area (Å²) in [5, 5.41) is 12.1. The topological polar surface area (TPSA) is 32.6 Å². The average molecular weight is 275 g/mol. The molecule has 0 spiro atoms. The zero-order chi connectivity index (χ0) is 14.8. The molecule has 0 aliphatic heterocycles. The molecule has 104 valence electrons. The molecule has 0 fully saturated rings. The molecule has 0 radical (unpaired) electrons. The third kappa shape index (κ3) is 2.29. The fraction of sp³-hybridized carbons (Fsp3) is 0.105. The maximum Gasteiger partial charge on any atom is 0.125 e. The van der Waals surface area contributed by atoms with Crippen molar-refractivity contribution in [3.8, 4) is 16.9 Å². The molecule has 0 bridgehead atoms. The van der Waals surface area contributed by atoms with E-state index in [0.717, 1.165) is 33.2 Å². The molecule has 0 atom stereocenters. The average Bonchev–Trinajstić information content (AvgIpc) is 2.51. The van der Waals surface area contributed by atoms with Gasteiger partial charge in [0.05, 0.1) is 11.1 Å². The van der Waals surface area contributed by atoms with Crippen LogP contribution in [0.2, 0.25) is 0 Å². The summed E-state index contributed by atoms with van der Waals surface area (Å²) in [7, 11) is 0. The number of aryl methyl sites for hydroxylation is 1. The van der Waals surface area contributed by atoms with Gasteiger partial charge < -0.3 is 5.11 Å². The molecule has 3 aromatic carbocycles. The lowest BCUT2D eigenvalue weighted by atomic mass is 9.95. The van der Waals surface area contributed by atoms with Gasteiger partial charge in [-0.15, -0.1) is 0 Å². The van der Waals surface area contributed by atoms with Crippen LogP contribution in [0.3, 0.4) is 0 Å². The van der Waals surface area contributed by atoms with E-state index in [0.29, 0.717) is 0 Å². The van der Waals surface area contributed by atoms with E-state index in [4.69, 9.17) is 0 Å². The zero-order valence-corrected chi connectivity index (χ0v) is 12.2. The van der Waals surface area contributed by atoms with Crippen molar-refractivity contribution < 1.29 is 5.11 Å². The Kier molecular flexibility index (Phi) is 3.44. The maximum absolute atomic E-state index is 10.3. The second-order valence-electron chi connectivity index (χ2n) is 5.04. The van der Waals surface area contributed by atoms with Gasteiger partial charge in [0.2, 0.25) is 0 Å². The molecule has 2 heteroatoms. The Labute approximate surface area is 124 Å². The van der Waals surface area contributed by atoms with E-state index < -0.39 is 0 Å². The second-order valence-corrected chi connectivity index (χ2v) is 5.04. The summed E-state index contributed by atoms with van der Waals surface area (Å²) in [4.78, 5) is 4.44. The molecule has 0 aromatic heterocycles. The van der Waals surface area contributed by atoms with Gasteiger partial charge in [-0.05, 0) is 42.0 Å². The molecule has 0 unspecified atom stereocenters. The van der Waals surface area contributed by atoms with Gasteiger partial charge >= 0.3 is 0 Å². The van der Waals surface area contributed by atoms with Crippen LogP contribution in [-0.4, -0.2) is 11.3 Å². The van der Waals surface area contributed by atoms with Crippen LogP contribution in [-0.2, 0) is 0 Å². The van der Waals surface area contributed by atoms with Gasteiger partial charge in [0.15, 0.2) is 0 Å². The minimum Gasteiger partial charge on any atom is -0.507 e. The van der Waals surface area contributed by atoms with E-state index in [2.05, 4.69) is 29.3 Å². The molecule has 3 rings (SSSR count). The van der Waals surface area contributed by atoms with Gasteiger partial charge in [0.25, 0.3) is 0 Å². The fourth-order valence-electron chi connectivity index (χ4n) is 2.68. The quantitative estimate of drug-likeness (QED) is 0.637. The molecule has 0 aliphatic rings. The minimum atomic E-state index is 0.272. The van der Waals surface area contributed by atoms with Crippen molar-refractivity contribution in [2.45, 2.75) is 13.8 Å². The first-order chi connectivity index (χ1) is 10.2. The Bertz CT molecular complexity index is 820. The standard InChI is InChI=1S/C19H17NO/c1-3-20-19-13(2)9-10-16-15(11-12-17(21)18(16)19)14-7-5-4-6-8-14/h3-12,21H,1-2H3/b20-3-. The number of aliphatic imine (C=N–C) groups is 1. The van der Waals surface area contributed by atoms with Crippen LogP contribution in [0.15, 0.2) is 59.6 Å². The number of nitrogens with zero attached hydrogens (tertiary/aromatic N) is 1. The highest BCUT2D eigenvalue weighted by Gasteiger charge is 2.12. The number of rotatable bonds is 2. The van der Waals surface area contributed by atoms with Crippen LogP contribution in [0.4, 0.5) is 5.69 Å². The van der Waals surface area contributed by atoms with Crippen molar-refractivity contribution in [2.24, 2.45) is 4.99 Å². The molecule has 21 heavy (non-hydrogen) atoms. The van der Waals surface area contributed by atoms with Crippen molar-refractivity contribution >= 4 is 22.7 Å². The van der Waals surface area contributed by atoms with Crippen LogP contribution in [0.1, 0.15) is 12.5 Å². The van der Waals surface area contributed by atoms with Gasteiger partial charge in [0.1, 0.15) is 5.75 Å². The highest BCUT2D eigenvalue weighted by atomic mass is 16.3. The van der Waals surface area contributed by atoms with Gasteiger partial charge in [-0.3, -0.25) is 4.99 Å². The molecular formula is C19H17NO. The summed E-state index contributed by atoms with van der Waals surface area (Å²) in [6.45, 7) is 3.90. The maximum atomic E-state index is 10.3. The lowest BCUT2D eigenvalue weighted by Gasteiger charge is -2.12. The third-order valence-corrected chi connectivity index (χ3v) is 3.68. The molecule has 0 saturated heterocycles. The Morgan fingerprint density at radius 1 is 0.952 bits per heavy atom. The van der Waals surface area contributed by atoms with Crippen molar-refractivity contribution in [1.29, 1.82) is 0 Å². The Morgan fingerprint density at radius 3 is 2.43 bits per heavy atom. The van der Waals surface area contributed by atoms with Crippen molar-refractivity contribution in [3.05, 3.63) is 60.2 Å². The molecule has 0 heterocycles. The summed E-state index contributed by atoms with van der Waals surface area (Å²) in [5.74, 6) is 0.272. The molecule has 1 N–H and O–H groups in total. The Hall–Kier alpha value is -2.61. The van der Waals surface area contributed by atoms with Crippen LogP contribution in [0, 0.1) is 6.92 Å². The third-order valence-electron chi connectivity index (χ3n) is 3.68. The van der Waals surface area contributed by atoms with Crippen LogP contribution in [0.5, 0.6) is 5.75 Å². The monoisotopic (exact) mass is 275 g/mol. The first-order valence-corrected chi connectivity index (χ1v) is 7.01. The van der Waals surface area contributed by atoms with Crippen LogP contribution in [0.25, 0.3) is 21.9 Å². The van der Waals surface area contributed by atoms with E-state index >= 15 is 0 Å². The highest BCUT2D eigenvalue weighted by molar-refractivity contribution is 6.07. The summed E-state index contributed by atoms with van der Waals surface area (Å²) in [5.41, 5.74) is 4.14. The fourth-order valence-corrected chi connectivity index (χ4v) is 2.68. The highest BCUT2D eigenvalue weighted by Crippen LogP contribution is 2.40. The van der Waals surface area contributed by atoms with Gasteiger partial charge in [-0.1, -0.05) is 48.5 Å². The van der Waals surface area contributed by atoms with Gasteiger partial charge in [0, 0.05) is 6.21 Å². The van der Waals surface area contributed by atoms with E-state index in [1.54, 1.807) is 12.3 Å². The summed E-state index contributed by atoms with van der Waals surface area (Å²) < 4.78 is 0. The molecule has 0 aliphatic carbocycles. The molecule has 0 amide bonds. The van der Waals surface area contributed by atoms with Gasteiger partial charge in [-0.25, -0.2) is 0 Å². The molecule has 2 nitrogen and oxygen atoms in total. The Balaban J connectivity index is 2.41. The molecule has 0 saturated carbocycles. The number of phenols is 1. The van der Waals surface area contributed by atoms with E-state index in [1.165, 1.54) is 0 Å². The predicted octanol–water partition coefficient (Wildman–Crippen LogP) is 5.24. The number of fused-ring (bicyclic) bond motifs is 1. The SMILES string of the molecule is C/C=N\c1c(C)ccc2c(-c3ccccc3)ccc(O)c12. The summed E-state index contributed by atoms with van der Waals surface area (Å²) in [6.07, 6.45) is 1.76. The lowest BCUT2D eigenvalue weighted by Crippen LogP contribution is -1.85. The number of benzene rings is 3. The van der Waals surface area contributed by atoms with Crippen LogP contribution < -0.4 is 0 Å². The second kappa shape index (κ2) is 5.41. The van der Waals surface area contributed by atoms with Crippen LogP contribution >= 0.6 is 0 Å². The van der Waals surface area contributed by atoms with Gasteiger partial charge in [-0.2, -0.15) is 0 Å². The van der Waals surface area contributed by atoms with E-state index in [1.807, 2.05) is 38.1 Å². The largest absolute Gasteiger partial charge is 0.507 e. The normalized spacial score (nSPS) is 11.3. The molecule has 3 aromatic rings.